The summed E-state index contributed by atoms with van der Waals surface area (Å²) >= 11 is 5.83. The van der Waals surface area contributed by atoms with Crippen molar-refractivity contribution >= 4 is 35.0 Å². The van der Waals surface area contributed by atoms with Gasteiger partial charge in [0.05, 0.1) is 11.8 Å². The lowest BCUT2D eigenvalue weighted by molar-refractivity contribution is -0.123. The zero-order valence-corrected chi connectivity index (χ0v) is 18.8. The van der Waals surface area contributed by atoms with E-state index in [0.29, 0.717) is 16.8 Å². The number of nitrogens with one attached hydrogen (secondary N) is 1. The molecule has 1 amide bonds. The number of carbonyl (C=O) groups is 1. The van der Waals surface area contributed by atoms with Crippen LogP contribution in [0.15, 0.2) is 53.6 Å². The van der Waals surface area contributed by atoms with Gasteiger partial charge in [-0.3, -0.25) is 4.79 Å². The van der Waals surface area contributed by atoms with E-state index in [0.717, 1.165) is 5.56 Å². The molecule has 0 atom stereocenters. The quantitative estimate of drug-likeness (QED) is 0.506. The molecule has 0 saturated heterocycles. The maximum absolute atomic E-state index is 12.0. The first kappa shape index (κ1) is 21.9. The predicted octanol–water partition coefficient (Wildman–Crippen LogP) is 5.28. The number of nitrogens with zero attached hydrogens (tertiary/aromatic N) is 2. The van der Waals surface area contributed by atoms with E-state index < -0.39 is 0 Å². The highest BCUT2D eigenvalue weighted by atomic mass is 35.5. The molecule has 0 fully saturated rings. The van der Waals surface area contributed by atoms with Gasteiger partial charge in [-0.2, -0.15) is 5.10 Å². The summed E-state index contributed by atoms with van der Waals surface area (Å²) in [6.45, 7) is 10.9. The maximum atomic E-state index is 12.0. The van der Waals surface area contributed by atoms with Crippen LogP contribution in [0.3, 0.4) is 0 Å². The molecule has 1 aliphatic rings. The summed E-state index contributed by atoms with van der Waals surface area (Å²) in [4.78, 5) is 14.4. The van der Waals surface area contributed by atoms with Gasteiger partial charge >= 0.3 is 0 Å². The Kier molecular flexibility index (Phi) is 6.52. The number of hydrogen-bond donors (Lipinski definition) is 1. The summed E-state index contributed by atoms with van der Waals surface area (Å²) in [6.07, 6.45) is 3.94. The zero-order chi connectivity index (χ0) is 21.9. The Labute approximate surface area is 183 Å². The molecule has 6 heteroatoms. The van der Waals surface area contributed by atoms with Crippen molar-refractivity contribution in [2.45, 2.75) is 46.2 Å². The number of halogens is 1. The van der Waals surface area contributed by atoms with Crippen molar-refractivity contribution in [2.75, 3.05) is 11.5 Å². The normalized spacial score (nSPS) is 15.2. The van der Waals surface area contributed by atoms with Crippen molar-refractivity contribution in [2.24, 2.45) is 5.10 Å². The second kappa shape index (κ2) is 8.92. The molecule has 2 aromatic rings. The summed E-state index contributed by atoms with van der Waals surface area (Å²) in [6, 6.07) is 13.5. The standard InChI is InChI=1S/C24H28ClN3O2/c1-16(2)28-22-11-6-18(12-21(22)17(3)13-24(28,4)5)14-26-27-23(29)15-30-20-9-7-19(25)8-10-20/h6-14,16H,15H2,1-5H3,(H,27,29)/b26-14+. The number of carbonyl (C=O) groups excluding carboxylic acids is 1. The molecule has 3 rings (SSSR count). The summed E-state index contributed by atoms with van der Waals surface area (Å²) in [5.41, 5.74) is 7.01. The predicted molar refractivity (Wildman–Crippen MR) is 124 cm³/mol. The van der Waals surface area contributed by atoms with Crippen LogP contribution in [0.4, 0.5) is 5.69 Å². The first-order valence-corrected chi connectivity index (χ1v) is 10.4. The summed E-state index contributed by atoms with van der Waals surface area (Å²) in [7, 11) is 0. The number of allylic oxidation sites excluding steroid dienone is 1. The topological polar surface area (TPSA) is 53.9 Å². The first-order chi connectivity index (χ1) is 14.2. The van der Waals surface area contributed by atoms with Crippen LogP contribution in [-0.4, -0.2) is 30.3 Å². The zero-order valence-electron chi connectivity index (χ0n) is 18.1. The van der Waals surface area contributed by atoms with Crippen molar-refractivity contribution in [3.8, 4) is 5.75 Å². The van der Waals surface area contributed by atoms with Crippen molar-refractivity contribution in [1.29, 1.82) is 0 Å². The van der Waals surface area contributed by atoms with Crippen LogP contribution in [-0.2, 0) is 4.79 Å². The Balaban J connectivity index is 1.65. The fourth-order valence-electron chi connectivity index (χ4n) is 3.98. The molecular weight excluding hydrogens is 398 g/mol. The molecule has 2 aromatic carbocycles. The average Bonchev–Trinajstić information content (AvgIpc) is 2.67. The van der Waals surface area contributed by atoms with Gasteiger partial charge in [-0.05, 0) is 82.2 Å². The number of hydrazone groups is 1. The number of benzene rings is 2. The Morgan fingerprint density at radius 2 is 1.93 bits per heavy atom. The monoisotopic (exact) mass is 425 g/mol. The third-order valence-corrected chi connectivity index (χ3v) is 5.25. The molecule has 0 aliphatic carbocycles. The third kappa shape index (κ3) is 5.03. The molecule has 1 N–H and O–H groups in total. The van der Waals surface area contributed by atoms with E-state index in [1.807, 2.05) is 6.07 Å². The largest absolute Gasteiger partial charge is 0.484 e. The fraction of sp³-hybridized carbons (Fsp3) is 0.333. The van der Waals surface area contributed by atoms with Crippen molar-refractivity contribution < 1.29 is 9.53 Å². The Morgan fingerprint density at radius 3 is 2.60 bits per heavy atom. The van der Waals surface area contributed by atoms with Crippen LogP contribution < -0.4 is 15.1 Å². The van der Waals surface area contributed by atoms with Gasteiger partial charge in [0.1, 0.15) is 5.75 Å². The minimum Gasteiger partial charge on any atom is -0.484 e. The lowest BCUT2D eigenvalue weighted by atomic mass is 9.87. The van der Waals surface area contributed by atoms with Crippen LogP contribution in [0.5, 0.6) is 5.75 Å². The highest BCUT2D eigenvalue weighted by molar-refractivity contribution is 6.30. The Hall–Kier alpha value is -2.79. The van der Waals surface area contributed by atoms with Gasteiger partial charge < -0.3 is 9.64 Å². The highest BCUT2D eigenvalue weighted by Crippen LogP contribution is 2.40. The number of rotatable bonds is 6. The SMILES string of the molecule is CC1=CC(C)(C)N(C(C)C)c2ccc(/C=N/NC(=O)COc3ccc(Cl)cc3)cc21. The number of hydrogen-bond acceptors (Lipinski definition) is 4. The molecule has 158 valence electrons. The van der Waals surface area contributed by atoms with E-state index in [2.05, 4.69) is 68.3 Å². The molecule has 0 radical (unpaired) electrons. The van der Waals surface area contributed by atoms with Crippen LogP contribution in [0.25, 0.3) is 5.57 Å². The molecule has 5 nitrogen and oxygen atoms in total. The summed E-state index contributed by atoms with van der Waals surface area (Å²) < 4.78 is 5.41. The lowest BCUT2D eigenvalue weighted by Gasteiger charge is -2.46. The third-order valence-electron chi connectivity index (χ3n) is 5.00. The van der Waals surface area contributed by atoms with Crippen molar-refractivity contribution in [3.63, 3.8) is 0 Å². The van der Waals surface area contributed by atoms with Gasteiger partial charge in [0, 0.05) is 22.3 Å². The Morgan fingerprint density at radius 1 is 1.23 bits per heavy atom. The average molecular weight is 426 g/mol. The van der Waals surface area contributed by atoms with E-state index in [4.69, 9.17) is 16.3 Å². The van der Waals surface area contributed by atoms with Gasteiger partial charge in [0.15, 0.2) is 6.61 Å². The van der Waals surface area contributed by atoms with Gasteiger partial charge in [-0.1, -0.05) is 23.7 Å². The van der Waals surface area contributed by atoms with E-state index in [-0.39, 0.29) is 18.1 Å². The molecule has 1 heterocycles. The van der Waals surface area contributed by atoms with Gasteiger partial charge in [0.2, 0.25) is 0 Å². The molecule has 0 saturated carbocycles. The summed E-state index contributed by atoms with van der Waals surface area (Å²) in [5, 5.41) is 4.68. The second-order valence-corrected chi connectivity index (χ2v) is 8.69. The highest BCUT2D eigenvalue weighted by Gasteiger charge is 2.32. The molecular formula is C24H28ClN3O2. The van der Waals surface area contributed by atoms with Gasteiger partial charge in [-0.15, -0.1) is 0 Å². The molecule has 0 unspecified atom stereocenters. The van der Waals surface area contributed by atoms with Crippen molar-refractivity contribution in [1.82, 2.24) is 5.43 Å². The number of fused-ring (bicyclic) bond motifs is 1. The van der Waals surface area contributed by atoms with E-state index >= 15 is 0 Å². The van der Waals surface area contributed by atoms with Crippen LogP contribution >= 0.6 is 11.6 Å². The van der Waals surface area contributed by atoms with Crippen LogP contribution in [0, 0.1) is 0 Å². The number of amides is 1. The molecule has 30 heavy (non-hydrogen) atoms. The van der Waals surface area contributed by atoms with Crippen LogP contribution in [0.1, 0.15) is 45.7 Å². The maximum Gasteiger partial charge on any atom is 0.277 e. The minimum atomic E-state index is -0.331. The van der Waals surface area contributed by atoms with Crippen molar-refractivity contribution in [3.05, 3.63) is 64.7 Å². The van der Waals surface area contributed by atoms with E-state index in [1.165, 1.54) is 16.8 Å². The number of anilines is 1. The molecule has 0 bridgehead atoms. The molecule has 0 spiro atoms. The first-order valence-electron chi connectivity index (χ1n) is 10.0. The minimum absolute atomic E-state index is 0.0427. The number of ether oxygens (including phenoxy) is 1. The smallest absolute Gasteiger partial charge is 0.277 e. The van der Waals surface area contributed by atoms with Gasteiger partial charge in [0.25, 0.3) is 5.91 Å². The summed E-state index contributed by atoms with van der Waals surface area (Å²) in [5.74, 6) is 0.246. The second-order valence-electron chi connectivity index (χ2n) is 8.26. The van der Waals surface area contributed by atoms with Crippen LogP contribution in [0.2, 0.25) is 5.02 Å². The Bertz CT molecular complexity index is 978. The van der Waals surface area contributed by atoms with E-state index in [9.17, 15) is 4.79 Å². The van der Waals surface area contributed by atoms with Gasteiger partial charge in [-0.25, -0.2) is 5.43 Å². The molecule has 0 aromatic heterocycles. The lowest BCUT2D eigenvalue weighted by Crippen LogP contribution is -2.49. The fourth-order valence-corrected chi connectivity index (χ4v) is 4.11. The molecule has 1 aliphatic heterocycles. The van der Waals surface area contributed by atoms with E-state index in [1.54, 1.807) is 30.5 Å².